The first-order chi connectivity index (χ1) is 13.7. The van der Waals surface area contributed by atoms with E-state index in [4.69, 9.17) is 45.9 Å². The third-order valence-corrected chi connectivity index (χ3v) is 4.72. The summed E-state index contributed by atoms with van der Waals surface area (Å²) in [7, 11) is 0. The molecule has 29 heavy (non-hydrogen) atoms. The van der Waals surface area contributed by atoms with E-state index in [9.17, 15) is 9.90 Å². The molecule has 4 N–H and O–H groups in total. The number of aryl methyl sites for hydroxylation is 1. The van der Waals surface area contributed by atoms with Crippen LogP contribution in [0.3, 0.4) is 0 Å². The fourth-order valence-corrected chi connectivity index (χ4v) is 3.39. The average Bonchev–Trinajstić information content (AvgIpc) is 2.63. The first-order valence-corrected chi connectivity index (χ1v) is 9.74. The largest absolute Gasteiger partial charge is 0.450 e. The summed E-state index contributed by atoms with van der Waals surface area (Å²) in [5.41, 5.74) is 6.64. The van der Waals surface area contributed by atoms with E-state index in [1.807, 2.05) is 0 Å². The number of rotatable bonds is 7. The number of benzene rings is 1. The van der Waals surface area contributed by atoms with Gasteiger partial charge in [-0.05, 0) is 44.3 Å². The molecular formula is C19H20Cl2N4O3S. The SMILES string of the molecule is CC=C(CC(O)NC(=O)Cc1cnc(C)nc1N)OC(=S)c1c(Cl)cccc1Cl. The number of allylic oxidation sites excluding steroid dienone is 1. The van der Waals surface area contributed by atoms with Crippen LogP contribution in [0, 0.1) is 6.92 Å². The number of carbonyl (C=O) groups is 1. The zero-order valence-electron chi connectivity index (χ0n) is 15.8. The Kier molecular flexibility index (Phi) is 8.33. The van der Waals surface area contributed by atoms with Gasteiger partial charge in [-0.15, -0.1) is 0 Å². The van der Waals surface area contributed by atoms with Crippen molar-refractivity contribution in [3.63, 3.8) is 0 Å². The third-order valence-electron chi connectivity index (χ3n) is 3.80. The molecule has 2 rings (SSSR count). The van der Waals surface area contributed by atoms with E-state index >= 15 is 0 Å². The fraction of sp³-hybridized carbons (Fsp3) is 0.263. The summed E-state index contributed by atoms with van der Waals surface area (Å²) in [6.45, 7) is 3.41. The quantitative estimate of drug-likeness (QED) is 0.334. The summed E-state index contributed by atoms with van der Waals surface area (Å²) >= 11 is 17.5. The molecule has 0 spiro atoms. The number of hydrogen-bond donors (Lipinski definition) is 3. The molecule has 1 amide bonds. The smallest absolute Gasteiger partial charge is 0.226 e. The van der Waals surface area contributed by atoms with Crippen LogP contribution >= 0.6 is 35.4 Å². The Bertz CT molecular complexity index is 933. The molecule has 154 valence electrons. The van der Waals surface area contributed by atoms with Crippen LogP contribution in [0.4, 0.5) is 5.82 Å². The van der Waals surface area contributed by atoms with Crippen LogP contribution in [-0.4, -0.2) is 32.3 Å². The minimum Gasteiger partial charge on any atom is -0.450 e. The minimum atomic E-state index is -1.20. The summed E-state index contributed by atoms with van der Waals surface area (Å²) in [5, 5.41) is 13.4. The summed E-state index contributed by atoms with van der Waals surface area (Å²) in [6.07, 6.45) is 1.83. The highest BCUT2D eigenvalue weighted by molar-refractivity contribution is 7.80. The number of aromatic nitrogens is 2. The molecule has 0 aliphatic heterocycles. The van der Waals surface area contributed by atoms with Crippen molar-refractivity contribution >= 4 is 52.2 Å². The Morgan fingerprint density at radius 3 is 2.66 bits per heavy atom. The molecule has 0 bridgehead atoms. The van der Waals surface area contributed by atoms with Crippen molar-refractivity contribution in [3.8, 4) is 0 Å². The van der Waals surface area contributed by atoms with Gasteiger partial charge in [-0.3, -0.25) is 4.79 Å². The minimum absolute atomic E-state index is 0.00959. The van der Waals surface area contributed by atoms with Gasteiger partial charge in [-0.25, -0.2) is 9.97 Å². The molecule has 0 saturated carbocycles. The molecule has 0 radical (unpaired) electrons. The molecule has 0 aliphatic rings. The van der Waals surface area contributed by atoms with Gasteiger partial charge in [0, 0.05) is 11.8 Å². The highest BCUT2D eigenvalue weighted by Crippen LogP contribution is 2.26. The number of nitrogens with two attached hydrogens (primary N) is 1. The fourth-order valence-electron chi connectivity index (χ4n) is 2.38. The number of hydrogen-bond acceptors (Lipinski definition) is 7. The van der Waals surface area contributed by atoms with E-state index in [1.165, 1.54) is 6.20 Å². The van der Waals surface area contributed by atoms with Gasteiger partial charge in [0.1, 0.15) is 23.6 Å². The average molecular weight is 455 g/mol. The maximum absolute atomic E-state index is 12.2. The molecule has 2 aromatic rings. The molecule has 1 aromatic heterocycles. The van der Waals surface area contributed by atoms with Gasteiger partial charge in [0.25, 0.3) is 0 Å². The lowest BCUT2D eigenvalue weighted by Crippen LogP contribution is -2.36. The number of ether oxygens (including phenoxy) is 1. The number of aliphatic hydroxyl groups excluding tert-OH is 1. The van der Waals surface area contributed by atoms with Gasteiger partial charge in [0.2, 0.25) is 11.0 Å². The van der Waals surface area contributed by atoms with Gasteiger partial charge in [0.15, 0.2) is 0 Å². The first-order valence-electron chi connectivity index (χ1n) is 8.58. The van der Waals surface area contributed by atoms with E-state index in [0.717, 1.165) is 0 Å². The molecule has 1 heterocycles. The lowest BCUT2D eigenvalue weighted by atomic mass is 10.2. The molecule has 0 saturated heterocycles. The second-order valence-electron chi connectivity index (χ2n) is 6.03. The lowest BCUT2D eigenvalue weighted by molar-refractivity contribution is -0.123. The van der Waals surface area contributed by atoms with Crippen LogP contribution in [0.5, 0.6) is 0 Å². The molecule has 0 fully saturated rings. The van der Waals surface area contributed by atoms with Crippen molar-refractivity contribution in [2.75, 3.05) is 5.73 Å². The molecule has 1 aromatic carbocycles. The van der Waals surface area contributed by atoms with E-state index in [2.05, 4.69) is 15.3 Å². The maximum Gasteiger partial charge on any atom is 0.226 e. The van der Waals surface area contributed by atoms with Crippen molar-refractivity contribution in [2.45, 2.75) is 32.9 Å². The van der Waals surface area contributed by atoms with Crippen LogP contribution in [0.25, 0.3) is 0 Å². The lowest BCUT2D eigenvalue weighted by Gasteiger charge is -2.17. The summed E-state index contributed by atoms with van der Waals surface area (Å²) < 4.78 is 5.62. The zero-order valence-corrected chi connectivity index (χ0v) is 18.1. The van der Waals surface area contributed by atoms with E-state index in [-0.39, 0.29) is 23.7 Å². The Labute approximate surface area is 183 Å². The zero-order chi connectivity index (χ0) is 21.6. The number of halogens is 2. The highest BCUT2D eigenvalue weighted by Gasteiger charge is 2.18. The Balaban J connectivity index is 1.95. The van der Waals surface area contributed by atoms with E-state index in [0.29, 0.717) is 32.8 Å². The third kappa shape index (κ3) is 6.64. The molecule has 1 atom stereocenters. The molecular weight excluding hydrogens is 435 g/mol. The van der Waals surface area contributed by atoms with Crippen LogP contribution in [-0.2, 0) is 16.0 Å². The summed E-state index contributed by atoms with van der Waals surface area (Å²) in [4.78, 5) is 20.2. The number of amides is 1. The predicted molar refractivity (Wildman–Crippen MR) is 117 cm³/mol. The second kappa shape index (κ2) is 10.5. The van der Waals surface area contributed by atoms with Gasteiger partial charge in [-0.1, -0.05) is 29.3 Å². The number of nitrogens with zero attached hydrogens (tertiary/aromatic N) is 2. The van der Waals surface area contributed by atoms with Crippen LogP contribution in [0.2, 0.25) is 10.0 Å². The Hall–Kier alpha value is -2.26. The van der Waals surface area contributed by atoms with Crippen molar-refractivity contribution in [1.29, 1.82) is 0 Å². The molecule has 0 aliphatic carbocycles. The highest BCUT2D eigenvalue weighted by atomic mass is 35.5. The van der Waals surface area contributed by atoms with Crippen LogP contribution in [0.15, 0.2) is 36.2 Å². The molecule has 1 unspecified atom stereocenters. The van der Waals surface area contributed by atoms with Crippen molar-refractivity contribution in [2.24, 2.45) is 0 Å². The van der Waals surface area contributed by atoms with Gasteiger partial charge in [-0.2, -0.15) is 0 Å². The second-order valence-corrected chi connectivity index (χ2v) is 7.22. The van der Waals surface area contributed by atoms with Gasteiger partial charge < -0.3 is 20.9 Å². The van der Waals surface area contributed by atoms with E-state index in [1.54, 1.807) is 38.1 Å². The number of thiocarbonyl (C=S) groups is 1. The predicted octanol–water partition coefficient (Wildman–Crippen LogP) is 3.34. The summed E-state index contributed by atoms with van der Waals surface area (Å²) in [6, 6.07) is 4.98. The topological polar surface area (TPSA) is 110 Å². The number of nitrogen functional groups attached to an aromatic ring is 1. The van der Waals surface area contributed by atoms with Gasteiger partial charge >= 0.3 is 0 Å². The number of aliphatic hydroxyl groups is 1. The van der Waals surface area contributed by atoms with Crippen LogP contribution in [0.1, 0.15) is 30.3 Å². The van der Waals surface area contributed by atoms with Crippen LogP contribution < -0.4 is 11.1 Å². The Morgan fingerprint density at radius 1 is 1.41 bits per heavy atom. The van der Waals surface area contributed by atoms with Crippen molar-refractivity contribution in [3.05, 3.63) is 63.2 Å². The number of anilines is 1. The standard InChI is InChI=1S/C19H20Cl2N4O3S/c1-3-12(28-19(29)17-13(20)5-4-6-14(17)21)8-16(27)25-15(26)7-11-9-23-10(2)24-18(11)22/h3-6,9,16,27H,7-8H2,1-2H3,(H,25,26)(H2,22,23,24). The van der Waals surface area contributed by atoms with Gasteiger partial charge in [0.05, 0.1) is 28.5 Å². The first kappa shape index (κ1) is 23.0. The van der Waals surface area contributed by atoms with Crippen molar-refractivity contribution < 1.29 is 14.6 Å². The number of carbonyl (C=O) groups excluding carboxylic acids is 1. The van der Waals surface area contributed by atoms with Crippen molar-refractivity contribution in [1.82, 2.24) is 15.3 Å². The molecule has 7 nitrogen and oxygen atoms in total. The molecule has 10 heteroatoms. The van der Waals surface area contributed by atoms with E-state index < -0.39 is 12.1 Å². The normalized spacial score (nSPS) is 12.4. The monoisotopic (exact) mass is 454 g/mol. The maximum atomic E-state index is 12.2. The number of nitrogens with one attached hydrogen (secondary N) is 1. The summed E-state index contributed by atoms with van der Waals surface area (Å²) in [5.74, 6) is 0.638. The Morgan fingerprint density at radius 2 is 2.07 bits per heavy atom.